The molecule has 1 saturated heterocycles. The molecule has 1 aliphatic carbocycles. The number of hydrogen-bond acceptors (Lipinski definition) is 2. The van der Waals surface area contributed by atoms with Crippen LogP contribution in [0.1, 0.15) is 12.8 Å². The van der Waals surface area contributed by atoms with Crippen LogP contribution in [0, 0.1) is 5.92 Å². The minimum atomic E-state index is -0.513. The van der Waals surface area contributed by atoms with Crippen molar-refractivity contribution in [3.63, 3.8) is 0 Å². The molecule has 0 aromatic carbocycles. The highest BCUT2D eigenvalue weighted by molar-refractivity contribution is 7.85. The normalized spacial score (nSPS) is 40.8. The highest BCUT2D eigenvalue weighted by Gasteiger charge is 2.36. The van der Waals surface area contributed by atoms with Gasteiger partial charge >= 0.3 is 0 Å². The van der Waals surface area contributed by atoms with Crippen LogP contribution in [0.3, 0.4) is 0 Å². The van der Waals surface area contributed by atoms with E-state index in [1.807, 2.05) is 0 Å². The molecule has 0 aromatic heterocycles. The van der Waals surface area contributed by atoms with Crippen LogP contribution in [0.2, 0.25) is 0 Å². The Kier molecular flexibility index (Phi) is 2.02. The molecule has 1 saturated carbocycles. The molecular formula is C8H15NOS. The van der Waals surface area contributed by atoms with Gasteiger partial charge in [-0.1, -0.05) is 0 Å². The van der Waals surface area contributed by atoms with E-state index in [9.17, 15) is 4.21 Å². The zero-order valence-corrected chi connectivity index (χ0v) is 7.77. The van der Waals surface area contributed by atoms with Crippen LogP contribution in [0.5, 0.6) is 0 Å². The smallest absolute Gasteiger partial charge is 0.0394 e. The van der Waals surface area contributed by atoms with Crippen molar-refractivity contribution in [2.24, 2.45) is 5.92 Å². The van der Waals surface area contributed by atoms with Crippen LogP contribution < -0.4 is 0 Å². The fourth-order valence-electron chi connectivity index (χ4n) is 1.79. The summed E-state index contributed by atoms with van der Waals surface area (Å²) in [6, 6.07) is 0.643. The van der Waals surface area contributed by atoms with Crippen molar-refractivity contribution in [1.82, 2.24) is 4.90 Å². The van der Waals surface area contributed by atoms with E-state index in [0.29, 0.717) is 6.04 Å². The first kappa shape index (κ1) is 7.74. The lowest BCUT2D eigenvalue weighted by Crippen LogP contribution is -2.45. The fourth-order valence-corrected chi connectivity index (χ4v) is 3.36. The molecule has 0 aromatic rings. The van der Waals surface area contributed by atoms with E-state index in [-0.39, 0.29) is 0 Å². The van der Waals surface area contributed by atoms with Gasteiger partial charge in [-0.2, -0.15) is 0 Å². The van der Waals surface area contributed by atoms with Crippen LogP contribution in [0.15, 0.2) is 0 Å². The zero-order valence-electron chi connectivity index (χ0n) is 6.95. The van der Waals surface area contributed by atoms with Crippen molar-refractivity contribution >= 4 is 10.8 Å². The van der Waals surface area contributed by atoms with Gasteiger partial charge in [-0.15, -0.1) is 0 Å². The van der Waals surface area contributed by atoms with Gasteiger partial charge < -0.3 is 4.90 Å². The molecule has 0 amide bonds. The molecule has 2 rings (SSSR count). The Morgan fingerprint density at radius 1 is 1.45 bits per heavy atom. The quantitative estimate of drug-likeness (QED) is 0.574. The molecule has 2 fully saturated rings. The molecule has 2 nitrogen and oxygen atoms in total. The van der Waals surface area contributed by atoms with Crippen molar-refractivity contribution in [3.05, 3.63) is 0 Å². The average molecular weight is 173 g/mol. The molecular weight excluding hydrogens is 158 g/mol. The van der Waals surface area contributed by atoms with E-state index in [2.05, 4.69) is 11.9 Å². The van der Waals surface area contributed by atoms with Gasteiger partial charge in [0.05, 0.1) is 0 Å². The van der Waals surface area contributed by atoms with E-state index in [0.717, 1.165) is 24.0 Å². The summed E-state index contributed by atoms with van der Waals surface area (Å²) in [7, 11) is 1.65. The molecule has 2 aliphatic rings. The molecule has 11 heavy (non-hydrogen) atoms. The summed E-state index contributed by atoms with van der Waals surface area (Å²) in [5, 5.41) is 0. The third-order valence-electron chi connectivity index (χ3n) is 2.76. The summed E-state index contributed by atoms with van der Waals surface area (Å²) in [4.78, 5) is 2.39. The predicted octanol–water partition coefficient (Wildman–Crippen LogP) is 0.459. The summed E-state index contributed by atoms with van der Waals surface area (Å²) in [6.45, 7) is 1.04. The first-order valence-electron chi connectivity index (χ1n) is 4.32. The zero-order chi connectivity index (χ0) is 7.84. The highest BCUT2D eigenvalue weighted by atomic mass is 32.2. The van der Waals surface area contributed by atoms with Gasteiger partial charge in [0.25, 0.3) is 0 Å². The highest BCUT2D eigenvalue weighted by Crippen LogP contribution is 2.36. The SMILES string of the molecule is CN1CCS(=O)CC1C1CC1. The Bertz CT molecular complexity index is 179. The third kappa shape index (κ3) is 1.64. The lowest BCUT2D eigenvalue weighted by atomic mass is 10.2. The van der Waals surface area contributed by atoms with Crippen molar-refractivity contribution in [1.29, 1.82) is 0 Å². The first-order chi connectivity index (χ1) is 5.27. The fraction of sp³-hybridized carbons (Fsp3) is 1.00. The van der Waals surface area contributed by atoms with E-state index in [1.165, 1.54) is 12.8 Å². The van der Waals surface area contributed by atoms with Gasteiger partial charge in [0.2, 0.25) is 0 Å². The maximum Gasteiger partial charge on any atom is 0.0394 e. The molecule has 2 atom stereocenters. The standard InChI is InChI=1S/C8H15NOS/c1-9-4-5-11(10)6-8(9)7-2-3-7/h7-8H,2-6H2,1H3. The Morgan fingerprint density at radius 2 is 2.18 bits per heavy atom. The Hall–Kier alpha value is 0.110. The minimum Gasteiger partial charge on any atom is -0.301 e. The van der Waals surface area contributed by atoms with Crippen LogP contribution in [0.4, 0.5) is 0 Å². The Balaban J connectivity index is 1.98. The molecule has 0 N–H and O–H groups in total. The lowest BCUT2D eigenvalue weighted by Gasteiger charge is -2.31. The maximum absolute atomic E-state index is 11.2. The summed E-state index contributed by atoms with van der Waals surface area (Å²) in [6.07, 6.45) is 2.73. The molecule has 2 unspecified atom stereocenters. The van der Waals surface area contributed by atoms with Crippen molar-refractivity contribution in [3.8, 4) is 0 Å². The van der Waals surface area contributed by atoms with Crippen LogP contribution >= 0.6 is 0 Å². The van der Waals surface area contributed by atoms with Gasteiger partial charge in [-0.3, -0.25) is 4.21 Å². The molecule has 1 aliphatic heterocycles. The van der Waals surface area contributed by atoms with Gasteiger partial charge in [-0.25, -0.2) is 0 Å². The van der Waals surface area contributed by atoms with Crippen LogP contribution in [-0.2, 0) is 10.8 Å². The predicted molar refractivity (Wildman–Crippen MR) is 47.0 cm³/mol. The second kappa shape index (κ2) is 2.87. The molecule has 0 spiro atoms. The molecule has 0 bridgehead atoms. The van der Waals surface area contributed by atoms with Gasteiger partial charge in [-0.05, 0) is 25.8 Å². The number of rotatable bonds is 1. The Labute approximate surface area is 70.4 Å². The van der Waals surface area contributed by atoms with E-state index >= 15 is 0 Å². The largest absolute Gasteiger partial charge is 0.301 e. The molecule has 1 heterocycles. The van der Waals surface area contributed by atoms with Gasteiger partial charge in [0.1, 0.15) is 0 Å². The summed E-state index contributed by atoms with van der Waals surface area (Å²) in [5.41, 5.74) is 0. The van der Waals surface area contributed by atoms with Crippen molar-refractivity contribution < 1.29 is 4.21 Å². The van der Waals surface area contributed by atoms with Gasteiger partial charge in [0, 0.05) is 34.9 Å². The van der Waals surface area contributed by atoms with E-state index < -0.39 is 10.8 Å². The summed E-state index contributed by atoms with van der Waals surface area (Å²) in [5.74, 6) is 2.70. The van der Waals surface area contributed by atoms with Crippen molar-refractivity contribution in [2.45, 2.75) is 18.9 Å². The van der Waals surface area contributed by atoms with E-state index in [4.69, 9.17) is 0 Å². The molecule has 3 heteroatoms. The lowest BCUT2D eigenvalue weighted by molar-refractivity contribution is 0.242. The van der Waals surface area contributed by atoms with E-state index in [1.54, 1.807) is 0 Å². The topological polar surface area (TPSA) is 20.3 Å². The molecule has 0 radical (unpaired) electrons. The third-order valence-corrected chi connectivity index (χ3v) is 4.11. The summed E-state index contributed by atoms with van der Waals surface area (Å²) >= 11 is 0. The van der Waals surface area contributed by atoms with Crippen LogP contribution in [0.25, 0.3) is 0 Å². The first-order valence-corrected chi connectivity index (χ1v) is 5.81. The maximum atomic E-state index is 11.2. The number of hydrogen-bond donors (Lipinski definition) is 0. The Morgan fingerprint density at radius 3 is 2.82 bits per heavy atom. The molecule has 64 valence electrons. The van der Waals surface area contributed by atoms with Gasteiger partial charge in [0.15, 0.2) is 0 Å². The minimum absolute atomic E-state index is 0.513. The van der Waals surface area contributed by atoms with Crippen LogP contribution in [-0.4, -0.2) is 40.2 Å². The van der Waals surface area contributed by atoms with Crippen molar-refractivity contribution in [2.75, 3.05) is 25.1 Å². The average Bonchev–Trinajstić information content (AvgIpc) is 2.76. The second-order valence-corrected chi connectivity index (χ2v) is 5.32. The monoisotopic (exact) mass is 173 g/mol. The number of nitrogens with zero attached hydrogens (tertiary/aromatic N) is 1. The second-order valence-electron chi connectivity index (χ2n) is 3.70. The summed E-state index contributed by atoms with van der Waals surface area (Å²) < 4.78 is 11.2.